The molecule has 0 atom stereocenters. The van der Waals surface area contributed by atoms with Crippen LogP contribution in [0.3, 0.4) is 0 Å². The van der Waals surface area contributed by atoms with Crippen molar-refractivity contribution in [2.45, 2.75) is 7.43 Å². The van der Waals surface area contributed by atoms with Crippen LogP contribution in [0.15, 0.2) is 0 Å². The molecule has 0 aliphatic heterocycles. The van der Waals surface area contributed by atoms with Crippen LogP contribution in [0.5, 0.6) is 0 Å². The number of rotatable bonds is 12. The van der Waals surface area contributed by atoms with Gasteiger partial charge in [0, 0.05) is 39.3 Å². The summed E-state index contributed by atoms with van der Waals surface area (Å²) in [6.07, 6.45) is 0. The molecule has 0 rings (SSSR count). The van der Waals surface area contributed by atoms with E-state index in [1.165, 1.54) is 0 Å². The highest BCUT2D eigenvalue weighted by molar-refractivity contribution is 4.57. The summed E-state index contributed by atoms with van der Waals surface area (Å²) in [5.41, 5.74) is 16.2. The number of hydrogen-bond donors (Lipinski definition) is 3. The number of hydrogen-bond acceptors (Lipinski definition) is 6. The van der Waals surface area contributed by atoms with E-state index >= 15 is 0 Å². The van der Waals surface area contributed by atoms with Crippen molar-refractivity contribution >= 4 is 0 Å². The minimum Gasteiger partial charge on any atom is -0.379 e. The molecular formula is C11H30N4O2. The Kier molecular flexibility index (Phi) is 17.7. The molecule has 0 aliphatic carbocycles. The summed E-state index contributed by atoms with van der Waals surface area (Å²) in [6.45, 7) is 6.97. The van der Waals surface area contributed by atoms with Crippen LogP contribution in [0.25, 0.3) is 0 Å². The SMILES string of the molecule is C.NCCOCCN(CCN)CCOCCN. The predicted molar refractivity (Wildman–Crippen MR) is 72.0 cm³/mol. The molecule has 6 N–H and O–H groups in total. The lowest BCUT2D eigenvalue weighted by Crippen LogP contribution is -2.35. The molecule has 0 aliphatic rings. The van der Waals surface area contributed by atoms with E-state index in [-0.39, 0.29) is 7.43 Å². The Hall–Kier alpha value is -0.240. The Morgan fingerprint density at radius 2 is 1.12 bits per heavy atom. The number of nitrogens with two attached hydrogens (primary N) is 3. The van der Waals surface area contributed by atoms with Gasteiger partial charge < -0.3 is 26.7 Å². The third-order valence-corrected chi connectivity index (χ3v) is 2.07. The molecule has 0 unspecified atom stereocenters. The van der Waals surface area contributed by atoms with Crippen molar-refractivity contribution in [3.05, 3.63) is 0 Å². The highest BCUT2D eigenvalue weighted by atomic mass is 16.5. The lowest BCUT2D eigenvalue weighted by atomic mass is 10.4. The van der Waals surface area contributed by atoms with Crippen LogP contribution < -0.4 is 17.2 Å². The fraction of sp³-hybridized carbons (Fsp3) is 1.00. The lowest BCUT2D eigenvalue weighted by Gasteiger charge is -2.21. The maximum Gasteiger partial charge on any atom is 0.0594 e. The fourth-order valence-corrected chi connectivity index (χ4v) is 1.28. The van der Waals surface area contributed by atoms with Gasteiger partial charge in [0.2, 0.25) is 0 Å². The molecule has 0 amide bonds. The lowest BCUT2D eigenvalue weighted by molar-refractivity contribution is 0.0805. The van der Waals surface area contributed by atoms with Crippen molar-refractivity contribution in [3.8, 4) is 0 Å². The van der Waals surface area contributed by atoms with Crippen LogP contribution in [0, 0.1) is 0 Å². The second-order valence-electron chi connectivity index (χ2n) is 3.43. The Bertz CT molecular complexity index is 127. The van der Waals surface area contributed by atoms with Crippen molar-refractivity contribution in [1.29, 1.82) is 0 Å². The van der Waals surface area contributed by atoms with E-state index < -0.39 is 0 Å². The average molecular weight is 250 g/mol. The van der Waals surface area contributed by atoms with Crippen LogP contribution in [-0.2, 0) is 9.47 Å². The second-order valence-corrected chi connectivity index (χ2v) is 3.43. The average Bonchev–Trinajstić information content (AvgIpc) is 2.30. The van der Waals surface area contributed by atoms with Crippen molar-refractivity contribution in [2.24, 2.45) is 17.2 Å². The molecule has 0 aromatic carbocycles. The predicted octanol–water partition coefficient (Wildman–Crippen LogP) is -1.17. The minimum atomic E-state index is 0. The molecule has 0 aromatic heterocycles. The molecule has 0 saturated carbocycles. The molecular weight excluding hydrogens is 220 g/mol. The maximum absolute atomic E-state index is 5.53. The van der Waals surface area contributed by atoms with Crippen molar-refractivity contribution in [3.63, 3.8) is 0 Å². The van der Waals surface area contributed by atoms with E-state index in [2.05, 4.69) is 4.90 Å². The molecule has 0 spiro atoms. The highest BCUT2D eigenvalue weighted by Crippen LogP contribution is 1.88. The quantitative estimate of drug-likeness (QED) is 0.378. The standard InChI is InChI=1S/C10H26N4O2.CH4/c11-1-4-14(5-9-15-7-2-12)6-10-16-8-3-13;/h1-13H2;1H4. The first kappa shape index (κ1) is 19.1. The first-order chi connectivity index (χ1) is 7.85. The van der Waals surface area contributed by atoms with Gasteiger partial charge in [-0.1, -0.05) is 7.43 Å². The summed E-state index contributed by atoms with van der Waals surface area (Å²) in [7, 11) is 0. The third-order valence-electron chi connectivity index (χ3n) is 2.07. The zero-order valence-electron chi connectivity index (χ0n) is 10.1. The normalized spacial score (nSPS) is 10.6. The van der Waals surface area contributed by atoms with Crippen LogP contribution in [0.2, 0.25) is 0 Å². The van der Waals surface area contributed by atoms with Crippen LogP contribution in [0.4, 0.5) is 0 Å². The molecule has 6 nitrogen and oxygen atoms in total. The van der Waals surface area contributed by atoms with E-state index in [9.17, 15) is 0 Å². The summed E-state index contributed by atoms with van der Waals surface area (Å²) >= 11 is 0. The van der Waals surface area contributed by atoms with Crippen molar-refractivity contribution in [2.75, 3.05) is 65.7 Å². The van der Waals surface area contributed by atoms with Gasteiger partial charge in [0.1, 0.15) is 0 Å². The smallest absolute Gasteiger partial charge is 0.0594 e. The molecule has 0 radical (unpaired) electrons. The largest absolute Gasteiger partial charge is 0.379 e. The van der Waals surface area contributed by atoms with E-state index in [1.54, 1.807) is 0 Å². The summed E-state index contributed by atoms with van der Waals surface area (Å²) in [4.78, 5) is 2.22. The summed E-state index contributed by atoms with van der Waals surface area (Å²) < 4.78 is 10.6. The van der Waals surface area contributed by atoms with E-state index in [1.807, 2.05) is 0 Å². The Balaban J connectivity index is 0. The van der Waals surface area contributed by atoms with Gasteiger partial charge in [-0.2, -0.15) is 0 Å². The molecule has 17 heavy (non-hydrogen) atoms. The van der Waals surface area contributed by atoms with E-state index in [0.717, 1.165) is 19.6 Å². The summed E-state index contributed by atoms with van der Waals surface area (Å²) in [6, 6.07) is 0. The van der Waals surface area contributed by atoms with Gasteiger partial charge in [-0.15, -0.1) is 0 Å². The van der Waals surface area contributed by atoms with Gasteiger partial charge in [0.15, 0.2) is 0 Å². The maximum atomic E-state index is 5.53. The zero-order chi connectivity index (χ0) is 12.1. The highest BCUT2D eigenvalue weighted by Gasteiger charge is 2.03. The Labute approximate surface area is 105 Å². The molecule has 106 valence electrons. The topological polar surface area (TPSA) is 99.8 Å². The summed E-state index contributed by atoms with van der Waals surface area (Å²) in [5.74, 6) is 0. The molecule has 0 saturated heterocycles. The third kappa shape index (κ3) is 13.7. The fourth-order valence-electron chi connectivity index (χ4n) is 1.28. The van der Waals surface area contributed by atoms with Gasteiger partial charge in [-0.25, -0.2) is 0 Å². The van der Waals surface area contributed by atoms with Crippen molar-refractivity contribution < 1.29 is 9.47 Å². The van der Waals surface area contributed by atoms with Gasteiger partial charge in [0.25, 0.3) is 0 Å². The number of nitrogens with zero attached hydrogens (tertiary/aromatic N) is 1. The molecule has 0 bridgehead atoms. The second kappa shape index (κ2) is 15.8. The number of ether oxygens (including phenoxy) is 2. The Morgan fingerprint density at radius 1 is 0.647 bits per heavy atom. The van der Waals surface area contributed by atoms with Gasteiger partial charge in [-0.3, -0.25) is 4.90 Å². The minimum absolute atomic E-state index is 0. The molecule has 0 aromatic rings. The zero-order valence-corrected chi connectivity index (χ0v) is 10.1. The van der Waals surface area contributed by atoms with Gasteiger partial charge in [0.05, 0.1) is 26.4 Å². The van der Waals surface area contributed by atoms with Crippen LogP contribution in [-0.4, -0.2) is 70.6 Å². The monoisotopic (exact) mass is 250 g/mol. The van der Waals surface area contributed by atoms with Crippen LogP contribution in [0.1, 0.15) is 7.43 Å². The molecule has 0 heterocycles. The van der Waals surface area contributed by atoms with E-state index in [0.29, 0.717) is 46.1 Å². The van der Waals surface area contributed by atoms with Crippen LogP contribution >= 0.6 is 0 Å². The van der Waals surface area contributed by atoms with Crippen molar-refractivity contribution in [1.82, 2.24) is 4.90 Å². The first-order valence-electron chi connectivity index (χ1n) is 5.83. The Morgan fingerprint density at radius 3 is 1.47 bits per heavy atom. The first-order valence-corrected chi connectivity index (χ1v) is 5.83. The summed E-state index contributed by atoms with van der Waals surface area (Å²) in [5, 5.41) is 0. The van der Waals surface area contributed by atoms with Gasteiger partial charge in [-0.05, 0) is 0 Å². The van der Waals surface area contributed by atoms with E-state index in [4.69, 9.17) is 26.7 Å². The molecule has 0 fully saturated rings. The van der Waals surface area contributed by atoms with Gasteiger partial charge >= 0.3 is 0 Å². The molecule has 6 heteroatoms.